The van der Waals surface area contributed by atoms with Gasteiger partial charge < -0.3 is 125 Å². The number of nitrogens with zero attached hydrogens (tertiary/aromatic N) is 6. The maximum absolute atomic E-state index is 12.4. The Kier molecular flexibility index (Phi) is 93.5. The van der Waals surface area contributed by atoms with Crippen LogP contribution in [0.3, 0.4) is 0 Å². The number of hydrogen-bond acceptors (Lipinski definition) is 35. The quantitative estimate of drug-likeness (QED) is 0.00895. The van der Waals surface area contributed by atoms with Crippen molar-refractivity contribution in [3.63, 3.8) is 0 Å². The number of esters is 4. The third-order valence-electron chi connectivity index (χ3n) is 12.2. The predicted octanol–water partition coefficient (Wildman–Crippen LogP) is -5.71. The van der Waals surface area contributed by atoms with Gasteiger partial charge in [-0.25, -0.2) is 39.6 Å². The predicted molar refractivity (Wildman–Crippen MR) is 451 cm³/mol. The molecule has 0 saturated carbocycles. The monoisotopic (exact) mass is 1880 g/mol. The molecule has 53 heteroatoms. The van der Waals surface area contributed by atoms with Gasteiger partial charge in [0.15, 0.2) is 17.4 Å². The Hall–Kier alpha value is -9.02. The first-order valence-electron chi connectivity index (χ1n) is 37.9. The molecular formula is C74H141AlClLiN13NaO36. The molecule has 0 rings (SSSR count). The van der Waals surface area contributed by atoms with E-state index < -0.39 is 131 Å². The number of aliphatic carboxylic acids is 3. The molecule has 0 aliphatic carbocycles. The van der Waals surface area contributed by atoms with Crippen LogP contribution >= 0.6 is 12.4 Å². The molecule has 0 aromatic carbocycles. The van der Waals surface area contributed by atoms with E-state index in [4.69, 9.17) is 58.2 Å². The zero-order chi connectivity index (χ0) is 96.2. The molecule has 0 aliphatic heterocycles. The molecule has 49 nitrogen and oxygen atoms in total. The van der Waals surface area contributed by atoms with Crippen molar-refractivity contribution >= 4 is 150 Å². The van der Waals surface area contributed by atoms with Gasteiger partial charge in [0.05, 0.1) is 80.4 Å². The Morgan fingerprint density at radius 2 is 0.567 bits per heavy atom. The van der Waals surface area contributed by atoms with Gasteiger partial charge in [0.25, 0.3) is 11.8 Å². The van der Waals surface area contributed by atoms with Crippen molar-refractivity contribution in [2.75, 3.05) is 167 Å². The van der Waals surface area contributed by atoms with Crippen molar-refractivity contribution in [2.24, 2.45) is 0 Å². The molecule has 0 atom stereocenters. The molecule has 0 spiro atoms. The van der Waals surface area contributed by atoms with E-state index in [1.165, 1.54) is 28.3 Å². The molecule has 0 aromatic rings. The van der Waals surface area contributed by atoms with Gasteiger partial charge in [-0.2, -0.15) is 0 Å². The van der Waals surface area contributed by atoms with E-state index >= 15 is 0 Å². The van der Waals surface area contributed by atoms with Gasteiger partial charge in [-0.05, 0) is 132 Å². The maximum Gasteiger partial charge on any atom is 1.00 e. The fourth-order valence-electron chi connectivity index (χ4n) is 7.19. The summed E-state index contributed by atoms with van der Waals surface area (Å²) in [4.78, 5) is 243. The average molecular weight is 1880 g/mol. The number of likely N-dealkylation sites (N-methyl/N-ethyl adjacent to an activating group) is 2. The molecule has 127 heavy (non-hydrogen) atoms. The van der Waals surface area contributed by atoms with Crippen LogP contribution in [0.4, 0.5) is 24.0 Å². The maximum atomic E-state index is 12.4. The van der Waals surface area contributed by atoms with Crippen molar-refractivity contribution in [1.29, 1.82) is 0 Å². The van der Waals surface area contributed by atoms with Crippen LogP contribution in [-0.2, 0) is 129 Å². The normalized spacial score (nSPS) is 9.99. The fraction of sp³-hybridized carbons (Fsp3) is 0.730. The Balaban J connectivity index is -0.000000112. The number of halogens is 1. The standard InChI is InChI=1S/C16H30N4O7.C16H28N2O7.C12H20N2O7.C12H20N2O5.2C8H15NO4.C2H7NO.Al.ClH.Li.Na.H2O.4H/c1-16(2,3)27-15(24)17-9-8-12(21)20(10-13(22)18(4)25-6)11-14(23)19(5)26-7;1-6-23-13(20)10-18(11-14(21)24-7-2)12(19)8-9-17-15(22)25-16(3,4)5;1-12(2,3)21-11(20)13-5-4-8(15)14(6-9(16)17)7-10(18)19;1-12(2,3)19-11(18)13-5-4-10(17)14(6-8-15)7-9-16;1-8(2,3)13-7(12)9-5-4-6(10)11;1-3-12-7(10)5-9-6-8(11)13-4-2;1-3-4-2;;;;;;;;;/h8-11H2,1-7H3,(H,17,24);6-11H2,1-5H3,(H,17,22);4-7H2,1-3H3,(H,13,20)(H,16,17)(H,18,19);8-9H,4-7H2,1-3H3,(H,13,18);4-5H2,1-3H3,(H,9,12)(H,10,11);9H,3-6H2,1-2H3;3H,1-2H3;;1H;;;1H2;;;;/q;;;;;;;;;2*+1;;;;;-1/p-1. The summed E-state index contributed by atoms with van der Waals surface area (Å²) < 4.78 is 43.8. The third-order valence-corrected chi connectivity index (χ3v) is 12.2. The number of ether oxygens (including phenoxy) is 9. The second-order valence-corrected chi connectivity index (χ2v) is 28.8. The van der Waals surface area contributed by atoms with Crippen LogP contribution in [0.1, 0.15) is 165 Å². The summed E-state index contributed by atoms with van der Waals surface area (Å²) in [6, 6.07) is 0. The first kappa shape index (κ1) is 144. The number of aldehydes is 2. The molecule has 0 aliphatic rings. The second kappa shape index (κ2) is 82.7. The van der Waals surface area contributed by atoms with E-state index in [1.807, 2.05) is 0 Å². The topological polar surface area (TPSA) is 647 Å². The molecule has 0 fully saturated rings. The summed E-state index contributed by atoms with van der Waals surface area (Å²) in [5, 5.41) is 42.0. The van der Waals surface area contributed by atoms with Gasteiger partial charge in [-0.1, -0.05) is 0 Å². The first-order valence-corrected chi connectivity index (χ1v) is 37.9. The SMILES string of the molecule is CC(C)(C)OC(=O)NCCC(=O)N(CC(=O)O)CC(=O)O.CC(C)(C)OC(=O)NCCC(=O)N(CC=O)CC=O.CC(C)(C)OC(=O)NCCC(=O)O.CCOC(=O)CN(CC(=O)OCC)C(=O)CCNC(=O)OC(C)(C)C.CCOC(=O)CNCC(=O)OCC.CNOC.CON(C)C(=O)CN(CC(=O)N(C)OC)C(=O)CCNC(=O)OC(C)(C)C.Cl.[AlH3].[H-].[Li+].[Na+].[OH-]. The number of carbonyl (C=O) groups is 20. The molecule has 0 radical (unpaired) electrons. The summed E-state index contributed by atoms with van der Waals surface area (Å²) in [5.41, 5.74) is -0.697. The molecule has 0 saturated heterocycles. The van der Waals surface area contributed by atoms with E-state index in [1.54, 1.807) is 146 Å². The van der Waals surface area contributed by atoms with Crippen LogP contribution in [0.15, 0.2) is 0 Å². The molecular weight excluding hydrogens is 1740 g/mol. The average Bonchev–Trinajstić information content (AvgIpc) is 0.893. The second-order valence-electron chi connectivity index (χ2n) is 28.8. The number of hydrogen-bond donors (Lipinski definition) is 10. The largest absolute Gasteiger partial charge is 1.00 e. The number of carboxylic acid groups (broad SMARTS) is 3. The van der Waals surface area contributed by atoms with Gasteiger partial charge in [-0.3, -0.25) is 77.3 Å². The first-order chi connectivity index (χ1) is 56.2. The van der Waals surface area contributed by atoms with Crippen molar-refractivity contribution in [3.05, 3.63) is 0 Å². The number of nitrogens with one attached hydrogen (secondary N) is 7. The molecule has 0 unspecified atom stereocenters. The Morgan fingerprint density at radius 1 is 0.354 bits per heavy atom. The zero-order valence-electron chi connectivity index (χ0n) is 79.1. The zero-order valence-corrected chi connectivity index (χ0v) is 80.9. The Morgan fingerprint density at radius 3 is 0.764 bits per heavy atom. The van der Waals surface area contributed by atoms with Crippen LogP contribution in [0.25, 0.3) is 0 Å². The van der Waals surface area contributed by atoms with E-state index in [9.17, 15) is 95.9 Å². The van der Waals surface area contributed by atoms with Crippen molar-refractivity contribution in [1.82, 2.24) is 67.1 Å². The number of amides is 11. The smallest absolute Gasteiger partial charge is 1.00 e. The summed E-state index contributed by atoms with van der Waals surface area (Å²) in [5.74, 6) is -8.65. The number of alkyl carbamates (subject to hydrolysis) is 5. The summed E-state index contributed by atoms with van der Waals surface area (Å²) in [6.07, 6.45) is -2.67. The fourth-order valence-corrected chi connectivity index (χ4v) is 7.19. The number of carboxylic acids is 3. The molecule has 0 bridgehead atoms. The van der Waals surface area contributed by atoms with Crippen molar-refractivity contribution in [3.8, 4) is 0 Å². The van der Waals surface area contributed by atoms with Crippen LogP contribution in [0.5, 0.6) is 0 Å². The van der Waals surface area contributed by atoms with Crippen LogP contribution < -0.4 is 85.8 Å². The minimum atomic E-state index is -1.32. The summed E-state index contributed by atoms with van der Waals surface area (Å²) >= 11 is 0. The van der Waals surface area contributed by atoms with E-state index in [2.05, 4.69) is 51.7 Å². The number of carbonyl (C=O) groups excluding carboxylic acids is 17. The minimum Gasteiger partial charge on any atom is -1.00 e. The molecule has 0 aromatic heterocycles. The summed E-state index contributed by atoms with van der Waals surface area (Å²) in [7, 11) is 8.66. The van der Waals surface area contributed by atoms with E-state index in [0.717, 1.165) is 24.8 Å². The Labute approximate surface area is 794 Å². The molecule has 11 amide bonds. The summed E-state index contributed by atoms with van der Waals surface area (Å²) in [6.45, 7) is 30.5. The van der Waals surface area contributed by atoms with Gasteiger partial charge in [0.1, 0.15) is 79.8 Å². The van der Waals surface area contributed by atoms with E-state index in [-0.39, 0.29) is 233 Å². The molecule has 11 N–H and O–H groups in total. The Bertz CT molecular complexity index is 3140. The van der Waals surface area contributed by atoms with Crippen molar-refractivity contribution < 1.29 is 224 Å². The van der Waals surface area contributed by atoms with Crippen LogP contribution in [0.2, 0.25) is 0 Å². The molecule has 0 heterocycles. The van der Waals surface area contributed by atoms with Crippen molar-refractivity contribution in [2.45, 2.75) is 192 Å². The number of rotatable bonds is 42. The number of hydroxylamine groups is 5. The third kappa shape index (κ3) is 102. The van der Waals surface area contributed by atoms with Crippen LogP contribution in [0, 0.1) is 0 Å². The minimum absolute atomic E-state index is 0. The van der Waals surface area contributed by atoms with E-state index in [0.29, 0.717) is 30.7 Å². The van der Waals surface area contributed by atoms with Gasteiger partial charge in [0, 0.05) is 79.6 Å². The van der Waals surface area contributed by atoms with Crippen LogP contribution in [-0.4, -0.2) is 383 Å². The molecule has 730 valence electrons. The van der Waals surface area contributed by atoms with Gasteiger partial charge in [-0.15, -0.1) is 12.4 Å². The van der Waals surface area contributed by atoms with Gasteiger partial charge >= 0.3 is 121 Å². The van der Waals surface area contributed by atoms with Gasteiger partial charge in [0.2, 0.25) is 23.6 Å².